The third-order valence-electron chi connectivity index (χ3n) is 5.87. The van der Waals surface area contributed by atoms with Gasteiger partial charge in [-0.25, -0.2) is 4.52 Å². The van der Waals surface area contributed by atoms with Crippen molar-refractivity contribution in [3.05, 3.63) is 29.7 Å². The molecule has 10 heteroatoms. The second kappa shape index (κ2) is 7.63. The first-order valence-corrected chi connectivity index (χ1v) is 10.9. The van der Waals surface area contributed by atoms with Gasteiger partial charge < -0.3 is 20.3 Å². The summed E-state index contributed by atoms with van der Waals surface area (Å²) >= 11 is 0. The van der Waals surface area contributed by atoms with Crippen molar-refractivity contribution in [3.63, 3.8) is 0 Å². The number of piperazine rings is 1. The number of aromatic nitrogens is 6. The zero-order valence-corrected chi connectivity index (χ0v) is 19.3. The third-order valence-corrected chi connectivity index (χ3v) is 5.87. The van der Waals surface area contributed by atoms with Gasteiger partial charge in [0.15, 0.2) is 11.6 Å². The van der Waals surface area contributed by atoms with Crippen LogP contribution in [0.15, 0.2) is 18.3 Å². The Hall–Kier alpha value is -3.40. The molecule has 10 nitrogen and oxygen atoms in total. The number of hydrogen-bond acceptors (Lipinski definition) is 8. The zero-order chi connectivity index (χ0) is 22.6. The van der Waals surface area contributed by atoms with Gasteiger partial charge in [-0.05, 0) is 27.7 Å². The Bertz CT molecular complexity index is 1300. The first-order valence-electron chi connectivity index (χ1n) is 10.9. The molecule has 0 radical (unpaired) electrons. The smallest absolute Gasteiger partial charge is 0.228 e. The summed E-state index contributed by atoms with van der Waals surface area (Å²) in [5, 5.41) is 17.1. The number of nitrogens with zero attached hydrogens (tertiary/aromatic N) is 7. The van der Waals surface area contributed by atoms with E-state index in [1.54, 1.807) is 7.11 Å². The van der Waals surface area contributed by atoms with Gasteiger partial charge in [0.05, 0.1) is 35.7 Å². The van der Waals surface area contributed by atoms with Gasteiger partial charge in [-0.3, -0.25) is 9.67 Å². The van der Waals surface area contributed by atoms with Gasteiger partial charge in [0, 0.05) is 44.4 Å². The molecule has 0 spiro atoms. The number of rotatable bonds is 4. The van der Waals surface area contributed by atoms with Crippen LogP contribution in [-0.2, 0) is 7.05 Å². The van der Waals surface area contributed by atoms with Gasteiger partial charge >= 0.3 is 0 Å². The predicted octanol–water partition coefficient (Wildman–Crippen LogP) is 2.57. The molecule has 0 saturated carbocycles. The lowest BCUT2D eigenvalue weighted by Gasteiger charge is -2.37. The van der Waals surface area contributed by atoms with Crippen LogP contribution in [0.4, 0.5) is 17.5 Å². The lowest BCUT2D eigenvalue weighted by molar-refractivity contribution is 0.393. The first-order chi connectivity index (χ1) is 15.3. The zero-order valence-electron chi connectivity index (χ0n) is 19.3. The molecule has 1 aliphatic rings. The number of pyridine rings is 1. The molecule has 32 heavy (non-hydrogen) atoms. The van der Waals surface area contributed by atoms with E-state index in [4.69, 9.17) is 14.8 Å². The second-order valence-electron chi connectivity index (χ2n) is 8.68. The standard InChI is InChI=1S/C22H29N9O/c1-12-9-30(10-13(2)23-12)19-8-17-20(22(26-19)32-6)21(28-29(17)5)25-18-7-16-15(4)24-14(3)11-31(16)27-18/h7-8,11-13,23H,9-10H2,1-6H3,(H,25,27,28)/t12-,13+. The van der Waals surface area contributed by atoms with E-state index in [2.05, 4.69) is 45.5 Å². The minimum atomic E-state index is 0.391. The molecule has 0 amide bonds. The van der Waals surface area contributed by atoms with E-state index >= 15 is 0 Å². The Morgan fingerprint density at radius 1 is 1.06 bits per heavy atom. The minimum absolute atomic E-state index is 0.391. The summed E-state index contributed by atoms with van der Waals surface area (Å²) in [4.78, 5) is 11.7. The van der Waals surface area contributed by atoms with Crippen LogP contribution in [-0.4, -0.2) is 61.6 Å². The average Bonchev–Trinajstić information content (AvgIpc) is 3.27. The van der Waals surface area contributed by atoms with Crippen molar-refractivity contribution in [3.8, 4) is 5.88 Å². The molecule has 4 aromatic heterocycles. The number of aryl methyl sites for hydroxylation is 3. The Morgan fingerprint density at radius 3 is 2.53 bits per heavy atom. The quantitative estimate of drug-likeness (QED) is 0.505. The molecule has 2 atom stereocenters. The van der Waals surface area contributed by atoms with Crippen LogP contribution in [0.25, 0.3) is 16.4 Å². The van der Waals surface area contributed by atoms with Crippen LogP contribution < -0.4 is 20.3 Å². The summed E-state index contributed by atoms with van der Waals surface area (Å²) in [6.07, 6.45) is 1.91. The molecule has 4 aromatic rings. The largest absolute Gasteiger partial charge is 0.480 e. The van der Waals surface area contributed by atoms with E-state index in [-0.39, 0.29) is 0 Å². The lowest BCUT2D eigenvalue weighted by Crippen LogP contribution is -2.54. The summed E-state index contributed by atoms with van der Waals surface area (Å²) in [7, 11) is 3.58. The average molecular weight is 436 g/mol. The summed E-state index contributed by atoms with van der Waals surface area (Å²) < 4.78 is 9.41. The molecule has 2 N–H and O–H groups in total. The van der Waals surface area contributed by atoms with E-state index in [9.17, 15) is 0 Å². The number of ether oxygens (including phenoxy) is 1. The van der Waals surface area contributed by atoms with Crippen LogP contribution in [0.1, 0.15) is 25.2 Å². The van der Waals surface area contributed by atoms with Crippen molar-refractivity contribution < 1.29 is 4.74 Å². The van der Waals surface area contributed by atoms with Crippen molar-refractivity contribution in [1.82, 2.24) is 34.7 Å². The number of anilines is 3. The number of methoxy groups -OCH3 is 1. The topological polar surface area (TPSA) is 97.4 Å². The van der Waals surface area contributed by atoms with Gasteiger partial charge in [0.2, 0.25) is 5.88 Å². The fourth-order valence-electron chi connectivity index (χ4n) is 4.61. The Labute approximate surface area is 186 Å². The van der Waals surface area contributed by atoms with E-state index in [0.717, 1.165) is 46.7 Å². The minimum Gasteiger partial charge on any atom is -0.480 e. The third kappa shape index (κ3) is 3.50. The highest BCUT2D eigenvalue weighted by Crippen LogP contribution is 2.35. The maximum atomic E-state index is 5.72. The van der Waals surface area contributed by atoms with E-state index in [1.807, 2.05) is 42.4 Å². The number of fused-ring (bicyclic) bond motifs is 2. The molecule has 1 saturated heterocycles. The fourth-order valence-corrected chi connectivity index (χ4v) is 4.61. The van der Waals surface area contributed by atoms with Gasteiger partial charge in [-0.1, -0.05) is 0 Å². The lowest BCUT2D eigenvalue weighted by atomic mass is 10.1. The van der Waals surface area contributed by atoms with Crippen LogP contribution in [0.3, 0.4) is 0 Å². The van der Waals surface area contributed by atoms with E-state index in [1.165, 1.54) is 0 Å². The van der Waals surface area contributed by atoms with Gasteiger partial charge in [0.1, 0.15) is 11.2 Å². The highest BCUT2D eigenvalue weighted by Gasteiger charge is 2.25. The Kier molecular flexibility index (Phi) is 4.89. The summed E-state index contributed by atoms with van der Waals surface area (Å²) in [5.41, 5.74) is 3.75. The van der Waals surface area contributed by atoms with Gasteiger partial charge in [-0.2, -0.15) is 10.1 Å². The van der Waals surface area contributed by atoms with Gasteiger partial charge in [0.25, 0.3) is 0 Å². The fraction of sp³-hybridized carbons (Fsp3) is 0.455. The van der Waals surface area contributed by atoms with Crippen molar-refractivity contribution in [2.24, 2.45) is 7.05 Å². The van der Waals surface area contributed by atoms with E-state index in [0.29, 0.717) is 29.6 Å². The molecule has 5 heterocycles. The normalized spacial score (nSPS) is 19.1. The first kappa shape index (κ1) is 20.5. The van der Waals surface area contributed by atoms with Crippen LogP contribution in [0.2, 0.25) is 0 Å². The number of hydrogen-bond donors (Lipinski definition) is 2. The van der Waals surface area contributed by atoms with Crippen LogP contribution in [0, 0.1) is 13.8 Å². The Morgan fingerprint density at radius 2 is 1.81 bits per heavy atom. The van der Waals surface area contributed by atoms with Crippen molar-refractivity contribution in [2.75, 3.05) is 30.4 Å². The molecule has 5 rings (SSSR count). The second-order valence-corrected chi connectivity index (χ2v) is 8.68. The Balaban J connectivity index is 1.56. The van der Waals surface area contributed by atoms with Crippen molar-refractivity contribution >= 4 is 33.9 Å². The van der Waals surface area contributed by atoms with Crippen molar-refractivity contribution in [1.29, 1.82) is 0 Å². The monoisotopic (exact) mass is 435 g/mol. The van der Waals surface area contributed by atoms with E-state index < -0.39 is 0 Å². The highest BCUT2D eigenvalue weighted by atomic mass is 16.5. The summed E-state index contributed by atoms with van der Waals surface area (Å²) in [6, 6.07) is 4.84. The predicted molar refractivity (Wildman–Crippen MR) is 125 cm³/mol. The molecular weight excluding hydrogens is 406 g/mol. The maximum Gasteiger partial charge on any atom is 0.228 e. The molecule has 1 fully saturated rings. The highest BCUT2D eigenvalue weighted by molar-refractivity contribution is 5.97. The molecule has 1 aliphatic heterocycles. The molecule has 0 unspecified atom stereocenters. The van der Waals surface area contributed by atoms with Crippen molar-refractivity contribution in [2.45, 2.75) is 39.8 Å². The molecular formula is C22H29N9O. The van der Waals surface area contributed by atoms with Crippen LogP contribution in [0.5, 0.6) is 5.88 Å². The van der Waals surface area contributed by atoms with Crippen LogP contribution >= 0.6 is 0 Å². The summed E-state index contributed by atoms with van der Waals surface area (Å²) in [5.74, 6) is 2.79. The molecule has 0 aliphatic carbocycles. The SMILES string of the molecule is COc1nc(N2C[C@@H](C)N[C@@H](C)C2)cc2c1c(Nc1cc3c(C)nc(C)cn3n1)nn2C. The summed E-state index contributed by atoms with van der Waals surface area (Å²) in [6.45, 7) is 10.1. The molecule has 168 valence electrons. The van der Waals surface area contributed by atoms with Gasteiger partial charge in [-0.15, -0.1) is 5.10 Å². The number of nitrogens with one attached hydrogen (secondary N) is 2. The maximum absolute atomic E-state index is 5.72. The molecule has 0 aromatic carbocycles. The molecule has 0 bridgehead atoms.